The van der Waals surface area contributed by atoms with Crippen molar-refractivity contribution >= 4 is 17.5 Å². The molecule has 5 nitrogen and oxygen atoms in total. The lowest BCUT2D eigenvalue weighted by Crippen LogP contribution is -2.40. The standard InChI is InChI=1S/C17H20F2N2O3/c18-12-2-3-13(21-7-5-10(9-22)6-8-21)16(19)15(12)11-1-4-14(23)20-17(11)24/h2-3,10-11,22H,1,4-9H2,(H,20,23,24). The van der Waals surface area contributed by atoms with Crippen LogP contribution in [0.15, 0.2) is 12.1 Å². The minimum absolute atomic E-state index is 0.0708. The van der Waals surface area contributed by atoms with Crippen molar-refractivity contribution in [1.82, 2.24) is 5.32 Å². The lowest BCUT2D eigenvalue weighted by molar-refractivity contribution is -0.134. The Bertz CT molecular complexity index is 657. The van der Waals surface area contributed by atoms with Crippen molar-refractivity contribution in [3.8, 4) is 0 Å². The van der Waals surface area contributed by atoms with Gasteiger partial charge in [0.15, 0.2) is 5.82 Å². The Morgan fingerprint density at radius 3 is 2.50 bits per heavy atom. The average Bonchev–Trinajstić information content (AvgIpc) is 2.57. The molecule has 3 rings (SSSR count). The van der Waals surface area contributed by atoms with E-state index in [-0.39, 0.29) is 36.6 Å². The first-order chi connectivity index (χ1) is 11.5. The average molecular weight is 338 g/mol. The van der Waals surface area contributed by atoms with E-state index in [1.165, 1.54) is 12.1 Å². The highest BCUT2D eigenvalue weighted by Crippen LogP contribution is 2.35. The molecule has 2 fully saturated rings. The molecule has 2 N–H and O–H groups in total. The molecule has 1 aromatic carbocycles. The van der Waals surface area contributed by atoms with Gasteiger partial charge in [-0.3, -0.25) is 14.9 Å². The maximum atomic E-state index is 15.0. The summed E-state index contributed by atoms with van der Waals surface area (Å²) in [5.41, 5.74) is 0.00858. The van der Waals surface area contributed by atoms with Crippen LogP contribution in [0, 0.1) is 17.6 Å². The molecule has 2 aliphatic rings. The molecule has 1 unspecified atom stereocenters. The first kappa shape index (κ1) is 16.8. The number of carbonyl (C=O) groups is 2. The number of hydrogen-bond acceptors (Lipinski definition) is 4. The van der Waals surface area contributed by atoms with Gasteiger partial charge in [-0.05, 0) is 37.3 Å². The monoisotopic (exact) mass is 338 g/mol. The summed E-state index contributed by atoms with van der Waals surface area (Å²) in [6, 6.07) is 2.56. The van der Waals surface area contributed by atoms with Gasteiger partial charge in [0.1, 0.15) is 5.82 Å². The number of nitrogens with one attached hydrogen (secondary N) is 1. The zero-order valence-corrected chi connectivity index (χ0v) is 13.2. The van der Waals surface area contributed by atoms with Gasteiger partial charge in [0.25, 0.3) is 0 Å². The Balaban J connectivity index is 1.88. The summed E-state index contributed by atoms with van der Waals surface area (Å²) in [6.45, 7) is 1.26. The van der Waals surface area contributed by atoms with E-state index in [2.05, 4.69) is 5.32 Å². The molecule has 0 radical (unpaired) electrons. The Morgan fingerprint density at radius 1 is 1.17 bits per heavy atom. The molecule has 2 heterocycles. The topological polar surface area (TPSA) is 69.6 Å². The number of benzene rings is 1. The van der Waals surface area contributed by atoms with Crippen LogP contribution in [-0.4, -0.2) is 36.6 Å². The number of nitrogens with zero attached hydrogens (tertiary/aromatic N) is 1. The van der Waals surface area contributed by atoms with Crippen LogP contribution in [0.2, 0.25) is 0 Å². The summed E-state index contributed by atoms with van der Waals surface area (Å²) in [6.07, 6.45) is 1.65. The molecule has 2 aliphatic heterocycles. The first-order valence-electron chi connectivity index (χ1n) is 8.18. The fraction of sp³-hybridized carbons (Fsp3) is 0.529. The quantitative estimate of drug-likeness (QED) is 0.823. The minimum atomic E-state index is -0.988. The van der Waals surface area contributed by atoms with Crippen molar-refractivity contribution in [2.75, 3.05) is 24.6 Å². The molecule has 24 heavy (non-hydrogen) atoms. The molecule has 0 spiro atoms. The van der Waals surface area contributed by atoms with Gasteiger partial charge < -0.3 is 10.0 Å². The molecule has 1 atom stereocenters. The number of aliphatic hydroxyl groups excluding tert-OH is 1. The summed E-state index contributed by atoms with van der Waals surface area (Å²) >= 11 is 0. The van der Waals surface area contributed by atoms with E-state index in [1.807, 2.05) is 4.90 Å². The normalized spacial score (nSPS) is 22.6. The molecule has 0 saturated carbocycles. The molecule has 7 heteroatoms. The SMILES string of the molecule is O=C1CCC(c2c(F)ccc(N3CCC(CO)CC3)c2F)C(=O)N1. The zero-order valence-electron chi connectivity index (χ0n) is 13.2. The van der Waals surface area contributed by atoms with E-state index in [0.717, 1.165) is 12.8 Å². The summed E-state index contributed by atoms with van der Waals surface area (Å²) in [4.78, 5) is 25.0. The van der Waals surface area contributed by atoms with Gasteiger partial charge in [-0.15, -0.1) is 0 Å². The van der Waals surface area contributed by atoms with Crippen molar-refractivity contribution in [3.63, 3.8) is 0 Å². The second-order valence-electron chi connectivity index (χ2n) is 6.41. The predicted octanol–water partition coefficient (Wildman–Crippen LogP) is 1.69. The van der Waals surface area contributed by atoms with Crippen molar-refractivity contribution in [3.05, 3.63) is 29.3 Å². The summed E-state index contributed by atoms with van der Waals surface area (Å²) in [5.74, 6) is -3.35. The van der Waals surface area contributed by atoms with Gasteiger partial charge in [0.05, 0.1) is 11.6 Å². The Kier molecular flexibility index (Phi) is 4.80. The van der Waals surface area contributed by atoms with Crippen LogP contribution in [-0.2, 0) is 9.59 Å². The lowest BCUT2D eigenvalue weighted by Gasteiger charge is -2.34. The molecule has 0 bridgehead atoms. The van der Waals surface area contributed by atoms with Crippen molar-refractivity contribution in [2.24, 2.45) is 5.92 Å². The van der Waals surface area contributed by atoms with Crippen LogP contribution in [0.5, 0.6) is 0 Å². The molecular formula is C17H20F2N2O3. The summed E-state index contributed by atoms with van der Waals surface area (Å²) in [5, 5.41) is 11.3. The van der Waals surface area contributed by atoms with E-state index >= 15 is 0 Å². The van der Waals surface area contributed by atoms with Gasteiger partial charge >= 0.3 is 0 Å². The number of imide groups is 1. The largest absolute Gasteiger partial charge is 0.396 e. The van der Waals surface area contributed by atoms with E-state index in [4.69, 9.17) is 0 Å². The smallest absolute Gasteiger partial charge is 0.234 e. The third kappa shape index (κ3) is 3.13. The molecule has 130 valence electrons. The van der Waals surface area contributed by atoms with Crippen molar-refractivity contribution in [1.29, 1.82) is 0 Å². The van der Waals surface area contributed by atoms with Gasteiger partial charge in [-0.2, -0.15) is 0 Å². The van der Waals surface area contributed by atoms with Crippen LogP contribution >= 0.6 is 0 Å². The summed E-state index contributed by atoms with van der Waals surface area (Å²) < 4.78 is 29.2. The highest BCUT2D eigenvalue weighted by Gasteiger charge is 2.34. The number of piperidine rings is 2. The molecular weight excluding hydrogens is 318 g/mol. The Morgan fingerprint density at radius 2 is 1.88 bits per heavy atom. The fourth-order valence-electron chi connectivity index (χ4n) is 3.45. The third-order valence-corrected chi connectivity index (χ3v) is 4.91. The second kappa shape index (κ2) is 6.84. The number of halogens is 2. The van der Waals surface area contributed by atoms with E-state index in [0.29, 0.717) is 13.1 Å². The maximum Gasteiger partial charge on any atom is 0.234 e. The number of carbonyl (C=O) groups excluding carboxylic acids is 2. The number of aliphatic hydroxyl groups is 1. The van der Waals surface area contributed by atoms with Crippen LogP contribution in [0.25, 0.3) is 0 Å². The third-order valence-electron chi connectivity index (χ3n) is 4.91. The van der Waals surface area contributed by atoms with Gasteiger partial charge in [-0.1, -0.05) is 0 Å². The first-order valence-corrected chi connectivity index (χ1v) is 8.18. The highest BCUT2D eigenvalue weighted by molar-refractivity contribution is 6.01. The van der Waals surface area contributed by atoms with Crippen LogP contribution in [0.1, 0.15) is 37.2 Å². The van der Waals surface area contributed by atoms with E-state index in [9.17, 15) is 23.5 Å². The van der Waals surface area contributed by atoms with Gasteiger partial charge in [0.2, 0.25) is 11.8 Å². The number of amides is 2. The van der Waals surface area contributed by atoms with Crippen molar-refractivity contribution in [2.45, 2.75) is 31.6 Å². The Hall–Kier alpha value is -2.02. The van der Waals surface area contributed by atoms with Gasteiger partial charge in [-0.25, -0.2) is 8.78 Å². The molecule has 0 aliphatic carbocycles. The molecule has 2 saturated heterocycles. The van der Waals surface area contributed by atoms with Gasteiger partial charge in [0, 0.05) is 31.7 Å². The number of hydrogen-bond donors (Lipinski definition) is 2. The predicted molar refractivity (Wildman–Crippen MR) is 83.5 cm³/mol. The van der Waals surface area contributed by atoms with E-state index in [1.54, 1.807) is 0 Å². The highest BCUT2D eigenvalue weighted by atomic mass is 19.1. The maximum absolute atomic E-state index is 15.0. The van der Waals surface area contributed by atoms with Crippen LogP contribution in [0.4, 0.5) is 14.5 Å². The van der Waals surface area contributed by atoms with E-state index < -0.39 is 29.4 Å². The number of rotatable bonds is 3. The van der Waals surface area contributed by atoms with Crippen LogP contribution < -0.4 is 10.2 Å². The van der Waals surface area contributed by atoms with Crippen molar-refractivity contribution < 1.29 is 23.5 Å². The number of anilines is 1. The Labute approximate surface area is 138 Å². The molecule has 2 amide bonds. The fourth-order valence-corrected chi connectivity index (χ4v) is 3.45. The lowest BCUT2D eigenvalue weighted by atomic mass is 9.89. The molecule has 0 aromatic heterocycles. The second-order valence-corrected chi connectivity index (χ2v) is 6.41. The zero-order chi connectivity index (χ0) is 17.3. The molecule has 1 aromatic rings. The minimum Gasteiger partial charge on any atom is -0.396 e. The summed E-state index contributed by atoms with van der Waals surface area (Å²) in [7, 11) is 0. The van der Waals surface area contributed by atoms with Crippen LogP contribution in [0.3, 0.4) is 0 Å².